The van der Waals surface area contributed by atoms with Gasteiger partial charge in [-0.2, -0.15) is 0 Å². The summed E-state index contributed by atoms with van der Waals surface area (Å²) >= 11 is 0. The number of carboxylic acid groups (broad SMARTS) is 1. The lowest BCUT2D eigenvalue weighted by Gasteiger charge is -2.49. The number of phenols is 2. The van der Waals surface area contributed by atoms with Gasteiger partial charge in [-0.1, -0.05) is 5.92 Å². The summed E-state index contributed by atoms with van der Waals surface area (Å²) in [6.45, 7) is 2.60. The Morgan fingerprint density at radius 2 is 1.79 bits per heavy atom. The van der Waals surface area contributed by atoms with Gasteiger partial charge in [0.15, 0.2) is 11.9 Å². The Morgan fingerprint density at radius 1 is 1.10 bits per heavy atom. The van der Waals surface area contributed by atoms with Gasteiger partial charge in [-0.05, 0) is 57.6 Å². The summed E-state index contributed by atoms with van der Waals surface area (Å²) in [6.07, 6.45) is -2.23. The molecule has 11 nitrogen and oxygen atoms in total. The first-order valence-corrected chi connectivity index (χ1v) is 12.7. The smallest absolute Gasteiger partial charge is 0.335 e. The van der Waals surface area contributed by atoms with E-state index in [1.54, 1.807) is 0 Å². The predicted molar refractivity (Wildman–Crippen MR) is 134 cm³/mol. The van der Waals surface area contributed by atoms with Crippen LogP contribution in [0.4, 0.5) is 0 Å². The van der Waals surface area contributed by atoms with E-state index in [-0.39, 0.29) is 39.1 Å². The summed E-state index contributed by atoms with van der Waals surface area (Å²) in [5, 5.41) is 64.7. The van der Waals surface area contributed by atoms with Crippen LogP contribution in [-0.2, 0) is 9.47 Å². The molecule has 208 valence electrons. The highest BCUT2D eigenvalue weighted by atomic mass is 16.7. The zero-order chi connectivity index (χ0) is 28.2. The van der Waals surface area contributed by atoms with E-state index in [9.17, 15) is 40.2 Å². The Balaban J connectivity index is 1.61. The zero-order valence-corrected chi connectivity index (χ0v) is 21.4. The fraction of sp³-hybridized carbons (Fsp3) is 0.500. The average molecular weight is 543 g/mol. The first-order chi connectivity index (χ1) is 18.4. The van der Waals surface area contributed by atoms with Crippen LogP contribution in [0.3, 0.4) is 0 Å². The second-order valence-corrected chi connectivity index (χ2v) is 10.6. The summed E-state index contributed by atoms with van der Waals surface area (Å²) in [6, 6.07) is 2.17. The summed E-state index contributed by atoms with van der Waals surface area (Å²) in [5.74, 6) is -0.0519. The molecule has 11 heteroatoms. The summed E-state index contributed by atoms with van der Waals surface area (Å²) < 4.78 is 17.5. The molecule has 1 saturated heterocycles. The van der Waals surface area contributed by atoms with Crippen molar-refractivity contribution in [2.45, 2.75) is 82.3 Å². The average Bonchev–Trinajstić information content (AvgIpc) is 2.89. The number of benzene rings is 2. The number of carbonyl (C=O) groups excluding carboxylic acids is 1. The van der Waals surface area contributed by atoms with Crippen molar-refractivity contribution in [1.82, 2.24) is 0 Å². The molecule has 1 aliphatic carbocycles. The highest BCUT2D eigenvalue weighted by molar-refractivity contribution is 6.11. The Kier molecular flexibility index (Phi) is 6.84. The summed E-state index contributed by atoms with van der Waals surface area (Å²) in [7, 11) is 0. The van der Waals surface area contributed by atoms with Gasteiger partial charge >= 0.3 is 5.97 Å². The molecule has 0 radical (unpaired) electrons. The number of rotatable bonds is 4. The number of aromatic carboxylic acids is 1. The fourth-order valence-corrected chi connectivity index (χ4v) is 5.90. The van der Waals surface area contributed by atoms with Gasteiger partial charge in [0.25, 0.3) is 0 Å². The second-order valence-electron chi connectivity index (χ2n) is 10.6. The Morgan fingerprint density at radius 3 is 2.44 bits per heavy atom. The van der Waals surface area contributed by atoms with Crippen molar-refractivity contribution in [3.63, 3.8) is 0 Å². The normalized spacial score (nSPS) is 31.9. The molecular formula is C28H30O11. The molecule has 6 N–H and O–H groups in total. The third-order valence-electron chi connectivity index (χ3n) is 8.11. The molecular weight excluding hydrogens is 512 g/mol. The van der Waals surface area contributed by atoms with Crippen molar-refractivity contribution in [2.75, 3.05) is 0 Å². The third-order valence-corrected chi connectivity index (χ3v) is 8.11. The van der Waals surface area contributed by atoms with Gasteiger partial charge < -0.3 is 44.8 Å². The number of aliphatic hydroxyl groups is 3. The maximum atomic E-state index is 12.3. The van der Waals surface area contributed by atoms with Gasteiger partial charge in [0.05, 0.1) is 22.1 Å². The third kappa shape index (κ3) is 4.53. The van der Waals surface area contributed by atoms with Gasteiger partial charge in [-0.25, -0.2) is 4.79 Å². The molecule has 2 bridgehead atoms. The number of Topliss-reactive ketones (excluding diaryl/α,β-unsaturated/α-hetero) is 1. The van der Waals surface area contributed by atoms with Crippen LogP contribution in [0.15, 0.2) is 12.1 Å². The van der Waals surface area contributed by atoms with Crippen LogP contribution in [-0.4, -0.2) is 78.7 Å². The number of aromatic hydroxyl groups is 2. The van der Waals surface area contributed by atoms with Crippen LogP contribution in [0.25, 0.3) is 10.8 Å². The number of hydrogen-bond donors (Lipinski definition) is 6. The molecule has 0 aromatic heterocycles. The maximum Gasteiger partial charge on any atom is 0.335 e. The highest BCUT2D eigenvalue weighted by Gasteiger charge is 2.56. The molecule has 3 heterocycles. The van der Waals surface area contributed by atoms with Crippen molar-refractivity contribution in [2.24, 2.45) is 5.92 Å². The molecule has 2 fully saturated rings. The SMILES string of the molecule is CC(=O)c1c(C)c(O)c2cc(C(=O)O)cc(O[C@@H]3O[C@H]4[C@@H](OC#CCC5CCC4(O)CC5)[C@H](O)[C@H]3O)c2c1O. The zero-order valence-electron chi connectivity index (χ0n) is 21.4. The minimum Gasteiger partial charge on any atom is -0.507 e. The highest BCUT2D eigenvalue weighted by Crippen LogP contribution is 2.46. The Bertz CT molecular complexity index is 1400. The molecule has 2 aromatic carbocycles. The van der Waals surface area contributed by atoms with E-state index in [0.717, 1.165) is 12.1 Å². The van der Waals surface area contributed by atoms with E-state index in [1.807, 2.05) is 0 Å². The van der Waals surface area contributed by atoms with Crippen LogP contribution < -0.4 is 4.74 Å². The van der Waals surface area contributed by atoms with Gasteiger partial charge in [0.1, 0.15) is 41.7 Å². The van der Waals surface area contributed by atoms with E-state index >= 15 is 0 Å². The van der Waals surface area contributed by atoms with Gasteiger partial charge in [-0.3, -0.25) is 4.79 Å². The number of carbonyl (C=O) groups is 2. The molecule has 0 unspecified atom stereocenters. The van der Waals surface area contributed by atoms with Crippen molar-refractivity contribution in [3.8, 4) is 29.3 Å². The van der Waals surface area contributed by atoms with Crippen LogP contribution in [0.1, 0.15) is 65.3 Å². The molecule has 4 aliphatic rings. The van der Waals surface area contributed by atoms with Crippen LogP contribution in [0.5, 0.6) is 17.2 Å². The standard InChI is InChI=1S/C28H30O11/c1-12-18(13(2)29)21(31)19-16(20(12)30)10-15(26(34)35)11-17(19)38-27-23(33)22(32)24-25(39-27)28(36)7-5-14(6-8-28)4-3-9-37-24/h10-11,14,22-25,27,30-33,36H,4-8H2,1-2H3,(H,34,35)/t14?,22-,23-,24+,25+,27-,28?/m1/s1. The lowest BCUT2D eigenvalue weighted by Crippen LogP contribution is -2.66. The monoisotopic (exact) mass is 542 g/mol. The van der Waals surface area contributed by atoms with E-state index in [2.05, 4.69) is 12.0 Å². The van der Waals surface area contributed by atoms with E-state index < -0.39 is 59.6 Å². The number of fused-ring (bicyclic) bond motifs is 5. The molecule has 0 spiro atoms. The summed E-state index contributed by atoms with van der Waals surface area (Å²) in [5.41, 5.74) is -1.89. The Labute approximate surface area is 223 Å². The van der Waals surface area contributed by atoms with Crippen molar-refractivity contribution < 1.29 is 54.4 Å². The van der Waals surface area contributed by atoms with Gasteiger partial charge in [0, 0.05) is 17.4 Å². The minimum absolute atomic E-state index is 0.0470. The quantitative estimate of drug-likeness (QED) is 0.189. The molecule has 0 amide bonds. The predicted octanol–water partition coefficient (Wildman–Crippen LogP) is 1.96. The second kappa shape index (κ2) is 9.88. The van der Waals surface area contributed by atoms with E-state index in [4.69, 9.17) is 14.2 Å². The van der Waals surface area contributed by atoms with Crippen LogP contribution in [0, 0.1) is 24.9 Å². The van der Waals surface area contributed by atoms with Gasteiger partial charge in [-0.15, -0.1) is 0 Å². The molecule has 3 aliphatic heterocycles. The van der Waals surface area contributed by atoms with Gasteiger partial charge in [0.2, 0.25) is 6.29 Å². The lowest BCUT2D eigenvalue weighted by atomic mass is 9.72. The van der Waals surface area contributed by atoms with Crippen molar-refractivity contribution in [1.29, 1.82) is 0 Å². The molecule has 39 heavy (non-hydrogen) atoms. The number of carboxylic acids is 1. The lowest BCUT2D eigenvalue weighted by molar-refractivity contribution is -0.308. The molecule has 2 aromatic rings. The molecule has 6 rings (SSSR count). The number of ketones is 1. The number of ether oxygens (including phenoxy) is 3. The maximum absolute atomic E-state index is 12.3. The summed E-state index contributed by atoms with van der Waals surface area (Å²) in [4.78, 5) is 24.1. The number of hydrogen-bond acceptors (Lipinski definition) is 10. The Hall–Kier alpha value is -3.56. The van der Waals surface area contributed by atoms with Crippen molar-refractivity contribution >= 4 is 22.5 Å². The fourth-order valence-electron chi connectivity index (χ4n) is 5.90. The largest absolute Gasteiger partial charge is 0.507 e. The van der Waals surface area contributed by atoms with E-state index in [0.29, 0.717) is 32.1 Å². The van der Waals surface area contributed by atoms with Crippen LogP contribution in [0.2, 0.25) is 0 Å². The molecule has 1 saturated carbocycles. The van der Waals surface area contributed by atoms with Crippen LogP contribution >= 0.6 is 0 Å². The first-order valence-electron chi connectivity index (χ1n) is 12.7. The van der Waals surface area contributed by atoms with E-state index in [1.165, 1.54) is 13.8 Å². The first kappa shape index (κ1) is 27.0. The van der Waals surface area contributed by atoms with Crippen molar-refractivity contribution in [3.05, 3.63) is 28.8 Å². The molecule has 5 atom stereocenters. The number of aliphatic hydroxyl groups excluding tert-OH is 2. The number of phenolic OH excluding ortho intramolecular Hbond substituents is 2. The topological polar surface area (TPSA) is 183 Å². The minimum atomic E-state index is -1.74.